The fraction of sp³-hybridized carbons (Fsp3) is 0.714. The summed E-state index contributed by atoms with van der Waals surface area (Å²) in [5.74, 6) is 1.85. The van der Waals surface area contributed by atoms with E-state index >= 15 is 0 Å². The number of aryl methyl sites for hydroxylation is 1. The van der Waals surface area contributed by atoms with Crippen LogP contribution < -0.4 is 5.32 Å². The molecule has 7 heteroatoms. The Labute approximate surface area is 127 Å². The van der Waals surface area contributed by atoms with Crippen molar-refractivity contribution in [2.24, 2.45) is 5.92 Å². The van der Waals surface area contributed by atoms with Gasteiger partial charge in [0.1, 0.15) is 11.5 Å². The summed E-state index contributed by atoms with van der Waals surface area (Å²) in [5.41, 5.74) is 0. The number of rotatable bonds is 6. The number of hydrogen-bond acceptors (Lipinski definition) is 4. The summed E-state index contributed by atoms with van der Waals surface area (Å²) in [6, 6.07) is 3.67. The Bertz CT molecular complexity index is 554. The highest BCUT2D eigenvalue weighted by Gasteiger charge is 2.32. The van der Waals surface area contributed by atoms with E-state index in [9.17, 15) is 8.42 Å². The second kappa shape index (κ2) is 6.91. The average Bonchev–Trinajstić information content (AvgIpc) is 2.85. The van der Waals surface area contributed by atoms with E-state index in [1.807, 2.05) is 26.1 Å². The maximum atomic E-state index is 12.6. The van der Waals surface area contributed by atoms with Gasteiger partial charge in [-0.25, -0.2) is 0 Å². The van der Waals surface area contributed by atoms with Crippen molar-refractivity contribution in [1.29, 1.82) is 0 Å². The molecule has 1 aliphatic heterocycles. The van der Waals surface area contributed by atoms with Gasteiger partial charge in [-0.05, 0) is 51.4 Å². The van der Waals surface area contributed by atoms with Crippen LogP contribution in [0.4, 0.5) is 0 Å². The first-order valence-electron chi connectivity index (χ1n) is 7.35. The van der Waals surface area contributed by atoms with E-state index < -0.39 is 10.2 Å². The highest BCUT2D eigenvalue weighted by molar-refractivity contribution is 7.86. The Balaban J connectivity index is 2.02. The molecule has 120 valence electrons. The van der Waals surface area contributed by atoms with Crippen molar-refractivity contribution in [3.05, 3.63) is 23.7 Å². The van der Waals surface area contributed by atoms with Crippen LogP contribution in [0.3, 0.4) is 0 Å². The van der Waals surface area contributed by atoms with Gasteiger partial charge < -0.3 is 9.73 Å². The van der Waals surface area contributed by atoms with Crippen LogP contribution in [0.15, 0.2) is 16.5 Å². The topological polar surface area (TPSA) is 65.8 Å². The molecule has 1 aliphatic rings. The molecule has 1 atom stereocenters. The van der Waals surface area contributed by atoms with Crippen LogP contribution in [0, 0.1) is 12.8 Å². The molecule has 1 N–H and O–H groups in total. The largest absolute Gasteiger partial charge is 0.465 e. The monoisotopic (exact) mass is 315 g/mol. The second-order valence-electron chi connectivity index (χ2n) is 5.70. The molecule has 1 unspecified atom stereocenters. The van der Waals surface area contributed by atoms with Gasteiger partial charge in [0.25, 0.3) is 10.2 Å². The maximum absolute atomic E-state index is 12.6. The zero-order valence-electron chi connectivity index (χ0n) is 13.0. The van der Waals surface area contributed by atoms with Crippen LogP contribution >= 0.6 is 0 Å². The van der Waals surface area contributed by atoms with Crippen molar-refractivity contribution in [2.75, 3.05) is 33.7 Å². The van der Waals surface area contributed by atoms with Crippen LogP contribution in [-0.2, 0) is 16.8 Å². The zero-order chi connectivity index (χ0) is 15.5. The molecule has 1 aromatic heterocycles. The number of nitrogens with one attached hydrogen (secondary N) is 1. The molecule has 0 bridgehead atoms. The Morgan fingerprint density at radius 1 is 1.48 bits per heavy atom. The third-order valence-corrected chi connectivity index (χ3v) is 5.77. The lowest BCUT2D eigenvalue weighted by Gasteiger charge is -2.34. The number of furan rings is 1. The number of hydrogen-bond donors (Lipinski definition) is 1. The minimum absolute atomic E-state index is 0.267. The maximum Gasteiger partial charge on any atom is 0.282 e. The van der Waals surface area contributed by atoms with E-state index in [-0.39, 0.29) is 6.54 Å². The lowest BCUT2D eigenvalue weighted by Crippen LogP contribution is -2.47. The van der Waals surface area contributed by atoms with E-state index in [2.05, 4.69) is 5.32 Å². The van der Waals surface area contributed by atoms with Gasteiger partial charge in [-0.2, -0.15) is 17.0 Å². The molecule has 2 heterocycles. The van der Waals surface area contributed by atoms with Gasteiger partial charge in [-0.15, -0.1) is 0 Å². The van der Waals surface area contributed by atoms with Crippen molar-refractivity contribution < 1.29 is 12.8 Å². The summed E-state index contributed by atoms with van der Waals surface area (Å²) in [6.07, 6.45) is 1.99. The van der Waals surface area contributed by atoms with Crippen LogP contribution in [0.2, 0.25) is 0 Å². The summed E-state index contributed by atoms with van der Waals surface area (Å²) in [5, 5.41) is 3.13. The van der Waals surface area contributed by atoms with Crippen molar-refractivity contribution in [3.8, 4) is 0 Å². The lowest BCUT2D eigenvalue weighted by molar-refractivity contribution is 0.246. The Kier molecular flexibility index (Phi) is 5.43. The molecule has 0 spiro atoms. The fourth-order valence-electron chi connectivity index (χ4n) is 2.76. The lowest BCUT2D eigenvalue weighted by atomic mass is 10.00. The predicted molar refractivity (Wildman–Crippen MR) is 82.1 cm³/mol. The molecule has 1 saturated heterocycles. The van der Waals surface area contributed by atoms with Gasteiger partial charge in [0.2, 0.25) is 0 Å². The summed E-state index contributed by atoms with van der Waals surface area (Å²) in [4.78, 5) is 0. The molecule has 21 heavy (non-hydrogen) atoms. The molecule has 0 saturated carbocycles. The standard InChI is InChI=1S/C14H25N3O3S/c1-12-6-7-14(20-12)11-16(3)21(18,19)17-8-4-5-13(10-17)9-15-2/h6-7,13,15H,4-5,8-11H2,1-3H3. The van der Waals surface area contributed by atoms with E-state index in [4.69, 9.17) is 4.42 Å². The van der Waals surface area contributed by atoms with E-state index in [0.717, 1.165) is 25.1 Å². The van der Waals surface area contributed by atoms with Crippen LogP contribution in [-0.4, -0.2) is 50.8 Å². The highest BCUT2D eigenvalue weighted by Crippen LogP contribution is 2.21. The molecule has 6 nitrogen and oxygen atoms in total. The highest BCUT2D eigenvalue weighted by atomic mass is 32.2. The van der Waals surface area contributed by atoms with Crippen LogP contribution in [0.1, 0.15) is 24.4 Å². The van der Waals surface area contributed by atoms with E-state index in [0.29, 0.717) is 24.8 Å². The van der Waals surface area contributed by atoms with Crippen LogP contribution in [0.5, 0.6) is 0 Å². The summed E-state index contributed by atoms with van der Waals surface area (Å²) < 4.78 is 33.7. The molecule has 2 rings (SSSR count). The van der Waals surface area contributed by atoms with Gasteiger partial charge in [-0.1, -0.05) is 0 Å². The normalized spacial score (nSPS) is 21.0. The van der Waals surface area contributed by atoms with Gasteiger partial charge in [0.05, 0.1) is 6.54 Å². The van der Waals surface area contributed by atoms with Gasteiger partial charge >= 0.3 is 0 Å². The molecular formula is C14H25N3O3S. The molecule has 0 aromatic carbocycles. The quantitative estimate of drug-likeness (QED) is 0.856. The SMILES string of the molecule is CNCC1CCCN(S(=O)(=O)N(C)Cc2ccc(C)o2)C1. The predicted octanol–water partition coefficient (Wildman–Crippen LogP) is 1.20. The minimum atomic E-state index is -3.42. The molecule has 0 radical (unpaired) electrons. The van der Waals surface area contributed by atoms with E-state index in [1.54, 1.807) is 11.4 Å². The third kappa shape index (κ3) is 4.06. The Morgan fingerprint density at radius 2 is 2.24 bits per heavy atom. The summed E-state index contributed by atoms with van der Waals surface area (Å²) >= 11 is 0. The first-order chi connectivity index (χ1) is 9.93. The van der Waals surface area contributed by atoms with Gasteiger partial charge in [-0.3, -0.25) is 0 Å². The summed E-state index contributed by atoms with van der Waals surface area (Å²) in [7, 11) is 0.0843. The average molecular weight is 315 g/mol. The third-order valence-electron chi connectivity index (χ3n) is 3.87. The van der Waals surface area contributed by atoms with Crippen molar-refractivity contribution in [2.45, 2.75) is 26.3 Å². The molecule has 1 aromatic rings. The summed E-state index contributed by atoms with van der Waals surface area (Å²) in [6.45, 7) is 4.16. The first-order valence-corrected chi connectivity index (χ1v) is 8.74. The zero-order valence-corrected chi connectivity index (χ0v) is 13.8. The second-order valence-corrected chi connectivity index (χ2v) is 7.74. The van der Waals surface area contributed by atoms with Crippen molar-refractivity contribution in [3.63, 3.8) is 0 Å². The van der Waals surface area contributed by atoms with Gasteiger partial charge in [0.15, 0.2) is 0 Å². The van der Waals surface area contributed by atoms with Gasteiger partial charge in [0, 0.05) is 20.1 Å². The number of piperidine rings is 1. The fourth-order valence-corrected chi connectivity index (χ4v) is 4.20. The molecule has 0 aliphatic carbocycles. The van der Waals surface area contributed by atoms with E-state index in [1.165, 1.54) is 4.31 Å². The van der Waals surface area contributed by atoms with Crippen molar-refractivity contribution >= 4 is 10.2 Å². The molecule has 1 fully saturated rings. The molecule has 0 amide bonds. The van der Waals surface area contributed by atoms with Crippen molar-refractivity contribution in [1.82, 2.24) is 13.9 Å². The number of nitrogens with zero attached hydrogens (tertiary/aromatic N) is 2. The Morgan fingerprint density at radius 3 is 2.86 bits per heavy atom. The van der Waals surface area contributed by atoms with Crippen LogP contribution in [0.25, 0.3) is 0 Å². The smallest absolute Gasteiger partial charge is 0.282 e. The minimum Gasteiger partial charge on any atom is -0.465 e. The first kappa shape index (κ1) is 16.5. The molecular weight excluding hydrogens is 290 g/mol. The Hall–Kier alpha value is -0.890.